The van der Waals surface area contributed by atoms with Crippen LogP contribution in [-0.2, 0) is 36.8 Å². The van der Waals surface area contributed by atoms with Gasteiger partial charge in [-0.2, -0.15) is 0 Å². The summed E-state index contributed by atoms with van der Waals surface area (Å²) in [6.45, 7) is 1.78. The van der Waals surface area contributed by atoms with E-state index < -0.39 is 24.1 Å². The van der Waals surface area contributed by atoms with Crippen molar-refractivity contribution in [1.82, 2.24) is 0 Å². The summed E-state index contributed by atoms with van der Waals surface area (Å²) in [6.07, 6.45) is 2.10. The van der Waals surface area contributed by atoms with Crippen molar-refractivity contribution in [2.24, 2.45) is 0 Å². The number of rotatable bonds is 12. The Labute approximate surface area is 199 Å². The second-order valence-corrected chi connectivity index (χ2v) is 7.74. The van der Waals surface area contributed by atoms with Gasteiger partial charge in [0.2, 0.25) is 0 Å². The van der Waals surface area contributed by atoms with Gasteiger partial charge in [0.05, 0.1) is 13.2 Å². The second-order valence-electron chi connectivity index (χ2n) is 7.74. The number of aliphatic hydroxyl groups is 1. The maximum absolute atomic E-state index is 12.3. The van der Waals surface area contributed by atoms with Crippen LogP contribution in [0.3, 0.4) is 0 Å². The molecular formula is C28H30O6. The topological polar surface area (TPSA) is 82.1 Å². The van der Waals surface area contributed by atoms with E-state index in [1.807, 2.05) is 36.4 Å². The summed E-state index contributed by atoms with van der Waals surface area (Å²) in [5, 5.41) is 12.8. The molecule has 0 aliphatic rings. The van der Waals surface area contributed by atoms with E-state index in [1.165, 1.54) is 16.3 Å². The number of esters is 2. The van der Waals surface area contributed by atoms with Crippen LogP contribution >= 0.6 is 0 Å². The minimum absolute atomic E-state index is 0.0129. The number of aliphatic hydroxyl groups excluding tert-OH is 1. The van der Waals surface area contributed by atoms with Gasteiger partial charge >= 0.3 is 11.9 Å². The molecule has 0 fully saturated rings. The standard InChI is InChI=1S/C28H30O6/c1-2-32-28(31)26(25(29)27(30)34-20-22-12-5-3-6-13-22)33-18-10-4-7-11-21-16-17-23-14-8-9-15-24(23)19-21/h3-6,8-10,12-17,19,25-26,29H,2,7,11,18,20H2,1H3/t25-,26-/m1/s1. The highest BCUT2D eigenvalue weighted by Crippen LogP contribution is 2.16. The predicted molar refractivity (Wildman–Crippen MR) is 130 cm³/mol. The first-order valence-corrected chi connectivity index (χ1v) is 11.4. The van der Waals surface area contributed by atoms with Crippen molar-refractivity contribution in [2.75, 3.05) is 13.2 Å². The molecule has 0 saturated heterocycles. The van der Waals surface area contributed by atoms with Gasteiger partial charge in [-0.3, -0.25) is 0 Å². The molecule has 3 aromatic carbocycles. The van der Waals surface area contributed by atoms with Crippen molar-refractivity contribution in [2.45, 2.75) is 38.6 Å². The van der Waals surface area contributed by atoms with E-state index in [0.717, 1.165) is 18.4 Å². The van der Waals surface area contributed by atoms with Crippen molar-refractivity contribution in [3.63, 3.8) is 0 Å². The SMILES string of the molecule is CCOC(=O)[C@H](OCC=CCCc1ccc2ccccc2c1)[C@@H](O)C(=O)OCc1ccccc1. The molecule has 3 aromatic rings. The molecule has 0 aliphatic carbocycles. The van der Waals surface area contributed by atoms with Crippen molar-refractivity contribution < 1.29 is 28.9 Å². The molecule has 1 N–H and O–H groups in total. The Morgan fingerprint density at radius 3 is 2.35 bits per heavy atom. The minimum atomic E-state index is -1.78. The van der Waals surface area contributed by atoms with Gasteiger partial charge in [0.25, 0.3) is 0 Å². The lowest BCUT2D eigenvalue weighted by Gasteiger charge is -2.20. The number of hydrogen-bond acceptors (Lipinski definition) is 6. The fourth-order valence-corrected chi connectivity index (χ4v) is 3.44. The Bertz CT molecular complexity index is 1090. The maximum atomic E-state index is 12.3. The van der Waals surface area contributed by atoms with Crippen LogP contribution in [0.4, 0.5) is 0 Å². The van der Waals surface area contributed by atoms with E-state index in [4.69, 9.17) is 14.2 Å². The van der Waals surface area contributed by atoms with Gasteiger partial charge in [0, 0.05) is 0 Å². The third-order valence-corrected chi connectivity index (χ3v) is 5.22. The van der Waals surface area contributed by atoms with Crippen LogP contribution < -0.4 is 0 Å². The Morgan fingerprint density at radius 2 is 1.59 bits per heavy atom. The third kappa shape index (κ3) is 7.54. The summed E-state index contributed by atoms with van der Waals surface area (Å²) in [5.41, 5.74) is 2.00. The number of fused-ring (bicyclic) bond motifs is 1. The lowest BCUT2D eigenvalue weighted by atomic mass is 10.0. The molecule has 34 heavy (non-hydrogen) atoms. The fourth-order valence-electron chi connectivity index (χ4n) is 3.44. The Morgan fingerprint density at radius 1 is 0.853 bits per heavy atom. The normalized spacial score (nSPS) is 13.0. The molecule has 2 atom stereocenters. The van der Waals surface area contributed by atoms with Crippen LogP contribution in [0.2, 0.25) is 0 Å². The largest absolute Gasteiger partial charge is 0.464 e. The first-order valence-electron chi connectivity index (χ1n) is 11.4. The molecule has 178 valence electrons. The van der Waals surface area contributed by atoms with E-state index in [-0.39, 0.29) is 19.8 Å². The van der Waals surface area contributed by atoms with E-state index in [0.29, 0.717) is 0 Å². The summed E-state index contributed by atoms with van der Waals surface area (Å²) < 4.78 is 15.6. The van der Waals surface area contributed by atoms with Crippen LogP contribution in [0.15, 0.2) is 84.9 Å². The molecule has 0 amide bonds. The zero-order chi connectivity index (χ0) is 24.2. The van der Waals surface area contributed by atoms with Gasteiger partial charge < -0.3 is 19.3 Å². The molecule has 3 rings (SSSR count). The zero-order valence-corrected chi connectivity index (χ0v) is 19.3. The van der Waals surface area contributed by atoms with Gasteiger partial charge in [-0.25, -0.2) is 9.59 Å². The molecular weight excluding hydrogens is 432 g/mol. The summed E-state index contributed by atoms with van der Waals surface area (Å²) in [4.78, 5) is 24.5. The van der Waals surface area contributed by atoms with Gasteiger partial charge in [-0.15, -0.1) is 0 Å². The second kappa shape index (κ2) is 13.3. The Kier molecular flexibility index (Phi) is 9.82. The number of carbonyl (C=O) groups is 2. The molecule has 0 aliphatic heterocycles. The number of benzene rings is 3. The van der Waals surface area contributed by atoms with Crippen LogP contribution in [0.5, 0.6) is 0 Å². The van der Waals surface area contributed by atoms with Crippen molar-refractivity contribution in [1.29, 1.82) is 0 Å². The first kappa shape index (κ1) is 25.1. The third-order valence-electron chi connectivity index (χ3n) is 5.22. The van der Waals surface area contributed by atoms with Crippen LogP contribution in [0.1, 0.15) is 24.5 Å². The number of aryl methyl sites for hydroxylation is 1. The smallest absolute Gasteiger partial charge is 0.338 e. The Balaban J connectivity index is 1.48. The molecule has 6 heteroatoms. The lowest BCUT2D eigenvalue weighted by molar-refractivity contribution is -0.177. The van der Waals surface area contributed by atoms with Gasteiger partial charge in [-0.05, 0) is 41.7 Å². The fraction of sp³-hybridized carbons (Fsp3) is 0.286. The van der Waals surface area contributed by atoms with Gasteiger partial charge in [-0.1, -0.05) is 84.9 Å². The number of allylic oxidation sites excluding steroid dienone is 1. The van der Waals surface area contributed by atoms with Crippen molar-refractivity contribution in [3.8, 4) is 0 Å². The molecule has 0 spiro atoms. The van der Waals surface area contributed by atoms with Gasteiger partial charge in [0.1, 0.15) is 6.61 Å². The zero-order valence-electron chi connectivity index (χ0n) is 19.3. The monoisotopic (exact) mass is 462 g/mol. The van der Waals surface area contributed by atoms with E-state index in [1.54, 1.807) is 25.1 Å². The summed E-state index contributed by atoms with van der Waals surface area (Å²) in [7, 11) is 0. The van der Waals surface area contributed by atoms with Crippen LogP contribution in [0, 0.1) is 0 Å². The number of hydrogen-bond donors (Lipinski definition) is 1. The maximum Gasteiger partial charge on any atom is 0.338 e. The van der Waals surface area contributed by atoms with Crippen LogP contribution in [0.25, 0.3) is 10.8 Å². The number of carbonyl (C=O) groups excluding carboxylic acids is 2. The number of ether oxygens (including phenoxy) is 3. The molecule has 0 saturated carbocycles. The minimum Gasteiger partial charge on any atom is -0.464 e. The van der Waals surface area contributed by atoms with Crippen molar-refractivity contribution in [3.05, 3.63) is 96.1 Å². The quantitative estimate of drug-likeness (QED) is 0.318. The van der Waals surface area contributed by atoms with E-state index in [9.17, 15) is 14.7 Å². The summed E-state index contributed by atoms with van der Waals surface area (Å²) in [6, 6.07) is 23.7. The Hall–Kier alpha value is -3.48. The molecule has 0 aromatic heterocycles. The molecule has 0 radical (unpaired) electrons. The highest BCUT2D eigenvalue weighted by atomic mass is 16.6. The first-order chi connectivity index (χ1) is 16.6. The van der Waals surface area contributed by atoms with Gasteiger partial charge in [0.15, 0.2) is 12.2 Å². The molecule has 0 heterocycles. The highest BCUT2D eigenvalue weighted by molar-refractivity contribution is 5.85. The average Bonchev–Trinajstić information content (AvgIpc) is 2.87. The van der Waals surface area contributed by atoms with E-state index in [2.05, 4.69) is 30.3 Å². The average molecular weight is 463 g/mol. The lowest BCUT2D eigenvalue weighted by Crippen LogP contribution is -2.43. The van der Waals surface area contributed by atoms with Crippen LogP contribution in [-0.4, -0.2) is 42.5 Å². The predicted octanol–water partition coefficient (Wildman–Crippen LogP) is 4.38. The summed E-state index contributed by atoms with van der Waals surface area (Å²) in [5.74, 6) is -1.75. The summed E-state index contributed by atoms with van der Waals surface area (Å²) >= 11 is 0. The van der Waals surface area contributed by atoms with E-state index >= 15 is 0 Å². The van der Waals surface area contributed by atoms with Crippen molar-refractivity contribution >= 4 is 22.7 Å². The molecule has 0 unspecified atom stereocenters. The highest BCUT2D eigenvalue weighted by Gasteiger charge is 2.35. The molecule has 6 nitrogen and oxygen atoms in total. The molecule has 0 bridgehead atoms.